The van der Waals surface area contributed by atoms with E-state index in [2.05, 4.69) is 10.3 Å². The predicted molar refractivity (Wildman–Crippen MR) is 150 cm³/mol. The van der Waals surface area contributed by atoms with Crippen LogP contribution in [0.1, 0.15) is 40.2 Å². The molecular weight excluding hydrogens is 537 g/mol. The van der Waals surface area contributed by atoms with Crippen molar-refractivity contribution < 1.29 is 22.0 Å². The Kier molecular flexibility index (Phi) is 6.49. The highest BCUT2D eigenvalue weighted by atomic mass is 32.2. The van der Waals surface area contributed by atoms with E-state index in [-0.39, 0.29) is 22.5 Å². The van der Waals surface area contributed by atoms with E-state index in [0.717, 1.165) is 34.2 Å². The zero-order chi connectivity index (χ0) is 27.3. The summed E-state index contributed by atoms with van der Waals surface area (Å²) in [7, 11) is -2.14. The first-order valence-corrected chi connectivity index (χ1v) is 15.0. The number of benzene rings is 3. The predicted octanol–water partition coefficient (Wildman–Crippen LogP) is 6.08. The normalized spacial score (nSPS) is 16.6. The lowest BCUT2D eigenvalue weighted by Crippen LogP contribution is -2.39. The number of nitrogens with zero attached hydrogens (tertiary/aromatic N) is 2. The van der Waals surface area contributed by atoms with Gasteiger partial charge in [0.1, 0.15) is 17.2 Å². The Labute approximate surface area is 229 Å². The van der Waals surface area contributed by atoms with Gasteiger partial charge < -0.3 is 9.73 Å². The summed E-state index contributed by atoms with van der Waals surface area (Å²) < 4.78 is 49.3. The minimum absolute atomic E-state index is 0.0493. The maximum atomic E-state index is 13.6. The smallest absolute Gasteiger partial charge is 0.255 e. The maximum Gasteiger partial charge on any atom is 0.255 e. The van der Waals surface area contributed by atoms with E-state index >= 15 is 0 Å². The van der Waals surface area contributed by atoms with E-state index in [4.69, 9.17) is 4.42 Å². The van der Waals surface area contributed by atoms with Gasteiger partial charge in [0, 0.05) is 31.1 Å². The molecule has 1 amide bonds. The molecule has 1 aliphatic rings. The van der Waals surface area contributed by atoms with E-state index in [1.54, 1.807) is 47.2 Å². The van der Waals surface area contributed by atoms with Crippen LogP contribution in [0.15, 0.2) is 69.4 Å². The first-order chi connectivity index (χ1) is 18.8. The van der Waals surface area contributed by atoms with Crippen LogP contribution < -0.4 is 5.32 Å². The van der Waals surface area contributed by atoms with Gasteiger partial charge in [-0.25, -0.2) is 17.8 Å². The summed E-state index contributed by atoms with van der Waals surface area (Å²) in [4.78, 5) is 17.5. The Morgan fingerprint density at radius 2 is 1.95 bits per heavy atom. The van der Waals surface area contributed by atoms with Gasteiger partial charge in [-0.1, -0.05) is 0 Å². The number of hydrogen-bond acceptors (Lipinski definition) is 6. The quantitative estimate of drug-likeness (QED) is 0.280. The van der Waals surface area contributed by atoms with Crippen LogP contribution in [0, 0.1) is 12.7 Å². The summed E-state index contributed by atoms with van der Waals surface area (Å²) in [5.74, 6) is -0.369. The van der Waals surface area contributed by atoms with E-state index in [1.807, 2.05) is 19.1 Å². The number of aryl methyl sites for hydroxylation is 1. The van der Waals surface area contributed by atoms with Crippen LogP contribution in [-0.2, 0) is 10.0 Å². The molecule has 1 aliphatic heterocycles. The molecule has 3 heterocycles. The minimum Gasteiger partial charge on any atom is -0.455 e. The van der Waals surface area contributed by atoms with Crippen LogP contribution in [0.4, 0.5) is 4.39 Å². The van der Waals surface area contributed by atoms with Crippen LogP contribution in [0.5, 0.6) is 0 Å². The van der Waals surface area contributed by atoms with E-state index in [9.17, 15) is 17.6 Å². The summed E-state index contributed by atoms with van der Waals surface area (Å²) in [6.07, 6.45) is 1.54. The molecule has 10 heteroatoms. The second-order valence-electron chi connectivity index (χ2n) is 9.78. The van der Waals surface area contributed by atoms with Crippen molar-refractivity contribution in [1.82, 2.24) is 14.6 Å². The van der Waals surface area contributed by atoms with Gasteiger partial charge in [0.15, 0.2) is 0 Å². The van der Waals surface area contributed by atoms with Gasteiger partial charge in [-0.3, -0.25) is 4.79 Å². The second-order valence-corrected chi connectivity index (χ2v) is 12.6. The number of furan rings is 1. The van der Waals surface area contributed by atoms with Crippen molar-refractivity contribution >= 4 is 48.5 Å². The molecule has 3 aromatic carbocycles. The van der Waals surface area contributed by atoms with Crippen molar-refractivity contribution in [3.63, 3.8) is 0 Å². The van der Waals surface area contributed by atoms with Crippen LogP contribution in [-0.4, -0.2) is 43.8 Å². The zero-order valence-corrected chi connectivity index (χ0v) is 23.0. The number of fused-ring (bicyclic) bond motifs is 2. The summed E-state index contributed by atoms with van der Waals surface area (Å²) in [5, 5.41) is 3.33. The van der Waals surface area contributed by atoms with Gasteiger partial charge >= 0.3 is 0 Å². The van der Waals surface area contributed by atoms with Crippen LogP contribution >= 0.6 is 11.3 Å². The van der Waals surface area contributed by atoms with Gasteiger partial charge in [-0.2, -0.15) is 4.31 Å². The fraction of sp³-hybridized carbons (Fsp3) is 0.241. The molecule has 5 aromatic rings. The minimum atomic E-state index is -3.69. The third-order valence-electron chi connectivity index (χ3n) is 7.40. The Morgan fingerprint density at radius 3 is 2.72 bits per heavy atom. The van der Waals surface area contributed by atoms with Crippen molar-refractivity contribution in [1.29, 1.82) is 0 Å². The second kappa shape index (κ2) is 9.86. The molecule has 2 aromatic heterocycles. The molecule has 39 heavy (non-hydrogen) atoms. The molecule has 1 fully saturated rings. The number of thiazole rings is 1. The maximum absolute atomic E-state index is 13.6. The van der Waals surface area contributed by atoms with E-state index in [0.29, 0.717) is 40.9 Å². The molecule has 0 aliphatic carbocycles. The van der Waals surface area contributed by atoms with Gasteiger partial charge in [-0.15, -0.1) is 11.3 Å². The molecule has 0 bridgehead atoms. The van der Waals surface area contributed by atoms with Crippen LogP contribution in [0.2, 0.25) is 0 Å². The van der Waals surface area contributed by atoms with Gasteiger partial charge in [0.2, 0.25) is 10.0 Å². The first kappa shape index (κ1) is 25.7. The molecule has 1 saturated heterocycles. The average Bonchev–Trinajstić information content (AvgIpc) is 3.56. The van der Waals surface area contributed by atoms with Crippen LogP contribution in [0.3, 0.4) is 0 Å². The van der Waals surface area contributed by atoms with E-state index in [1.165, 1.54) is 23.5 Å². The summed E-state index contributed by atoms with van der Waals surface area (Å²) in [6.45, 7) is 2.76. The highest BCUT2D eigenvalue weighted by Gasteiger charge is 2.32. The molecule has 1 unspecified atom stereocenters. The third-order valence-corrected chi connectivity index (χ3v) is 10.1. The Hall–Kier alpha value is -3.60. The number of carbonyl (C=O) groups excluding carboxylic acids is 1. The van der Waals surface area contributed by atoms with E-state index < -0.39 is 10.0 Å². The number of rotatable bonds is 5. The molecule has 0 radical (unpaired) electrons. The Bertz CT molecular complexity index is 1830. The number of halogens is 1. The monoisotopic (exact) mass is 563 g/mol. The number of aromatic nitrogens is 1. The number of hydrogen-bond donors (Lipinski definition) is 1. The topological polar surface area (TPSA) is 92.5 Å². The van der Waals surface area contributed by atoms with Crippen molar-refractivity contribution in [3.8, 4) is 11.3 Å². The fourth-order valence-corrected chi connectivity index (χ4v) is 7.76. The number of piperidine rings is 1. The average molecular weight is 564 g/mol. The molecule has 7 nitrogen and oxygen atoms in total. The molecule has 1 N–H and O–H groups in total. The number of carbonyl (C=O) groups is 1. The molecular formula is C29H26FN3O4S2. The number of nitrogens with one attached hydrogen (secondary N) is 1. The van der Waals surface area contributed by atoms with Gasteiger partial charge in [0.05, 0.1) is 26.2 Å². The molecule has 6 rings (SSSR count). The summed E-state index contributed by atoms with van der Waals surface area (Å²) >= 11 is 1.42. The lowest BCUT2D eigenvalue weighted by molar-refractivity contribution is 0.0964. The van der Waals surface area contributed by atoms with Crippen molar-refractivity contribution in [2.45, 2.75) is 30.6 Å². The van der Waals surface area contributed by atoms with Gasteiger partial charge in [0.25, 0.3) is 5.91 Å². The standard InChI is InChI=1S/C29H26FN3O4S2/c1-17-12-25-23(27(29(34)31-2)28(37-25)18-5-7-20(30)8-6-18)14-22(17)19-4-3-11-33(15-19)39(35,36)21-9-10-24-26(13-21)38-16-32-24/h5-10,12-14,16,19H,3-4,11,15H2,1-2H3,(H,31,34). The van der Waals surface area contributed by atoms with Crippen molar-refractivity contribution in [3.05, 3.63) is 82.6 Å². The molecule has 1 atom stereocenters. The Balaban J connectivity index is 1.39. The Morgan fingerprint density at radius 1 is 1.15 bits per heavy atom. The lowest BCUT2D eigenvalue weighted by atomic mass is 9.87. The van der Waals surface area contributed by atoms with Gasteiger partial charge in [-0.05, 0) is 91.4 Å². The highest BCUT2D eigenvalue weighted by molar-refractivity contribution is 7.89. The molecule has 0 saturated carbocycles. The fourth-order valence-electron chi connectivity index (χ4n) is 5.42. The molecule has 200 valence electrons. The largest absolute Gasteiger partial charge is 0.455 e. The third kappa shape index (κ3) is 4.52. The zero-order valence-electron chi connectivity index (χ0n) is 21.4. The number of sulfonamides is 1. The number of amides is 1. The van der Waals surface area contributed by atoms with Crippen LogP contribution in [0.25, 0.3) is 32.5 Å². The first-order valence-electron chi connectivity index (χ1n) is 12.6. The highest BCUT2D eigenvalue weighted by Crippen LogP contribution is 2.39. The summed E-state index contributed by atoms with van der Waals surface area (Å²) in [6, 6.07) is 14.7. The van der Waals surface area contributed by atoms with Crippen molar-refractivity contribution in [2.75, 3.05) is 20.1 Å². The lowest BCUT2D eigenvalue weighted by Gasteiger charge is -2.33. The van der Waals surface area contributed by atoms with Crippen molar-refractivity contribution in [2.24, 2.45) is 0 Å². The molecule has 0 spiro atoms. The summed E-state index contributed by atoms with van der Waals surface area (Å²) in [5.41, 5.74) is 5.95. The SMILES string of the molecule is CNC(=O)c1c(-c2ccc(F)cc2)oc2cc(C)c(C3CCCN(S(=O)(=O)c4ccc5ncsc5c4)C3)cc12.